The number of hydrogen-bond donors (Lipinski definition) is 0. The van der Waals surface area contributed by atoms with Crippen LogP contribution in [0.3, 0.4) is 0 Å². The van der Waals surface area contributed by atoms with E-state index in [0.717, 1.165) is 6.42 Å². The fourth-order valence-electron chi connectivity index (χ4n) is 0.279. The quantitative estimate of drug-likeness (QED) is 0.366. The second kappa shape index (κ2) is 9.10. The van der Waals surface area contributed by atoms with Crippen LogP contribution in [0.25, 0.3) is 0 Å². The summed E-state index contributed by atoms with van der Waals surface area (Å²) in [5, 5.41) is 0. The van der Waals surface area contributed by atoms with Gasteiger partial charge in [-0.2, -0.15) is 0 Å². The minimum Gasteiger partial charge on any atom is -0.412 e. The SMILES string of the molecule is C#CCCCC.O. The molecular weight excluding hydrogens is 88.1 g/mol. The Labute approximate surface area is 45.0 Å². The molecule has 1 nitrogen and oxygen atoms in total. The summed E-state index contributed by atoms with van der Waals surface area (Å²) in [6, 6.07) is 0. The molecule has 0 spiro atoms. The highest BCUT2D eigenvalue weighted by Crippen LogP contribution is 1.88. The maximum Gasteiger partial charge on any atom is 0.00859 e. The normalized spacial score (nSPS) is 6.29. The Kier molecular flexibility index (Phi) is 12.6. The van der Waals surface area contributed by atoms with Crippen molar-refractivity contribution in [1.82, 2.24) is 0 Å². The third kappa shape index (κ3) is 10.8. The van der Waals surface area contributed by atoms with Crippen LogP contribution in [0.15, 0.2) is 0 Å². The van der Waals surface area contributed by atoms with Crippen molar-refractivity contribution in [3.63, 3.8) is 0 Å². The molecule has 0 aromatic heterocycles. The summed E-state index contributed by atoms with van der Waals surface area (Å²) in [4.78, 5) is 0. The maximum absolute atomic E-state index is 4.96. The van der Waals surface area contributed by atoms with E-state index in [2.05, 4.69) is 12.8 Å². The minimum atomic E-state index is 0. The third-order valence-corrected chi connectivity index (χ3v) is 0.675. The molecule has 0 aromatic rings. The van der Waals surface area contributed by atoms with Crippen molar-refractivity contribution >= 4 is 0 Å². The Balaban J connectivity index is 0. The van der Waals surface area contributed by atoms with E-state index in [-0.39, 0.29) is 5.48 Å². The van der Waals surface area contributed by atoms with Crippen LogP contribution in [0.1, 0.15) is 26.2 Å². The first-order valence-corrected chi connectivity index (χ1v) is 2.35. The Bertz CT molecular complexity index is 51.7. The van der Waals surface area contributed by atoms with Gasteiger partial charge in [-0.3, -0.25) is 0 Å². The molecule has 2 N–H and O–H groups in total. The van der Waals surface area contributed by atoms with Gasteiger partial charge in [0.1, 0.15) is 0 Å². The van der Waals surface area contributed by atoms with Gasteiger partial charge >= 0.3 is 0 Å². The first-order chi connectivity index (χ1) is 2.91. The van der Waals surface area contributed by atoms with Gasteiger partial charge in [-0.05, 0) is 6.42 Å². The predicted octanol–water partition coefficient (Wildman–Crippen LogP) is 0.985. The van der Waals surface area contributed by atoms with Gasteiger partial charge in [0.2, 0.25) is 0 Å². The van der Waals surface area contributed by atoms with Crippen molar-refractivity contribution in [2.24, 2.45) is 0 Å². The highest BCUT2D eigenvalue weighted by atomic mass is 16.0. The summed E-state index contributed by atoms with van der Waals surface area (Å²) in [7, 11) is 0. The summed E-state index contributed by atoms with van der Waals surface area (Å²) >= 11 is 0. The standard InChI is InChI=1S/C6H10.H2O/c1-3-5-6-4-2;/h1H,4-6H2,2H3;1H2. The summed E-state index contributed by atoms with van der Waals surface area (Å²) < 4.78 is 0. The van der Waals surface area contributed by atoms with Crippen LogP contribution in [0.4, 0.5) is 0 Å². The molecule has 0 rings (SSSR count). The van der Waals surface area contributed by atoms with E-state index in [1.807, 2.05) is 0 Å². The molecule has 0 radical (unpaired) electrons. The smallest absolute Gasteiger partial charge is 0.00859 e. The molecule has 7 heavy (non-hydrogen) atoms. The lowest BCUT2D eigenvalue weighted by Gasteiger charge is -1.79. The summed E-state index contributed by atoms with van der Waals surface area (Å²) in [5.41, 5.74) is 0. The maximum atomic E-state index is 4.96. The lowest BCUT2D eigenvalue weighted by atomic mass is 10.3. The third-order valence-electron chi connectivity index (χ3n) is 0.675. The van der Waals surface area contributed by atoms with Gasteiger partial charge in [-0.1, -0.05) is 13.3 Å². The van der Waals surface area contributed by atoms with Crippen LogP contribution in [0, 0.1) is 12.3 Å². The number of terminal acetylenes is 1. The summed E-state index contributed by atoms with van der Waals surface area (Å²) in [6.07, 6.45) is 8.30. The van der Waals surface area contributed by atoms with Crippen LogP contribution in [0.5, 0.6) is 0 Å². The zero-order valence-electron chi connectivity index (χ0n) is 4.70. The number of unbranched alkanes of at least 4 members (excludes halogenated alkanes) is 2. The second-order valence-corrected chi connectivity index (χ2v) is 1.31. The first kappa shape index (κ1) is 9.72. The van der Waals surface area contributed by atoms with Gasteiger partial charge in [0.25, 0.3) is 0 Å². The molecule has 0 saturated heterocycles. The van der Waals surface area contributed by atoms with Crippen molar-refractivity contribution < 1.29 is 5.48 Å². The lowest BCUT2D eigenvalue weighted by molar-refractivity contribution is 0.824. The van der Waals surface area contributed by atoms with Gasteiger partial charge in [0, 0.05) is 6.42 Å². The van der Waals surface area contributed by atoms with Crippen molar-refractivity contribution in [1.29, 1.82) is 0 Å². The lowest BCUT2D eigenvalue weighted by Crippen LogP contribution is -1.62. The van der Waals surface area contributed by atoms with Gasteiger partial charge in [-0.25, -0.2) is 0 Å². The molecule has 0 fully saturated rings. The molecule has 0 saturated carbocycles. The number of rotatable bonds is 2. The molecule has 0 aliphatic rings. The summed E-state index contributed by atoms with van der Waals surface area (Å²) in [5.74, 6) is 2.57. The molecule has 0 heterocycles. The molecule has 0 amide bonds. The fraction of sp³-hybridized carbons (Fsp3) is 0.667. The van der Waals surface area contributed by atoms with Crippen LogP contribution in [0.2, 0.25) is 0 Å². The molecule has 0 aromatic carbocycles. The van der Waals surface area contributed by atoms with E-state index in [0.29, 0.717) is 0 Å². The van der Waals surface area contributed by atoms with Gasteiger partial charge in [-0.15, -0.1) is 12.3 Å². The van der Waals surface area contributed by atoms with Crippen molar-refractivity contribution in [2.75, 3.05) is 0 Å². The molecule has 0 aliphatic heterocycles. The van der Waals surface area contributed by atoms with E-state index in [4.69, 9.17) is 6.42 Å². The largest absolute Gasteiger partial charge is 0.412 e. The average Bonchev–Trinajstić information content (AvgIpc) is 1.61. The van der Waals surface area contributed by atoms with Crippen molar-refractivity contribution in [2.45, 2.75) is 26.2 Å². The highest BCUT2D eigenvalue weighted by Gasteiger charge is 1.71. The van der Waals surface area contributed by atoms with E-state index < -0.39 is 0 Å². The zero-order valence-corrected chi connectivity index (χ0v) is 4.70. The minimum absolute atomic E-state index is 0. The summed E-state index contributed by atoms with van der Waals surface area (Å²) in [6.45, 7) is 2.14. The molecular formula is C6H12O. The zero-order chi connectivity index (χ0) is 4.83. The first-order valence-electron chi connectivity index (χ1n) is 2.35. The van der Waals surface area contributed by atoms with Crippen molar-refractivity contribution in [3.8, 4) is 12.3 Å². The molecule has 1 heteroatoms. The van der Waals surface area contributed by atoms with E-state index >= 15 is 0 Å². The highest BCUT2D eigenvalue weighted by molar-refractivity contribution is 4.82. The Morgan fingerprint density at radius 1 is 1.57 bits per heavy atom. The van der Waals surface area contributed by atoms with Crippen molar-refractivity contribution in [3.05, 3.63) is 0 Å². The predicted molar refractivity (Wildman–Crippen MR) is 32.0 cm³/mol. The van der Waals surface area contributed by atoms with E-state index in [1.165, 1.54) is 12.8 Å². The fourth-order valence-corrected chi connectivity index (χ4v) is 0.279. The molecule has 0 atom stereocenters. The van der Waals surface area contributed by atoms with Crippen LogP contribution >= 0.6 is 0 Å². The van der Waals surface area contributed by atoms with Crippen LogP contribution < -0.4 is 0 Å². The topological polar surface area (TPSA) is 31.5 Å². The van der Waals surface area contributed by atoms with E-state index in [1.54, 1.807) is 0 Å². The Morgan fingerprint density at radius 2 is 2.14 bits per heavy atom. The monoisotopic (exact) mass is 100 g/mol. The van der Waals surface area contributed by atoms with Gasteiger partial charge < -0.3 is 5.48 Å². The van der Waals surface area contributed by atoms with Gasteiger partial charge in [0.05, 0.1) is 0 Å². The molecule has 0 unspecified atom stereocenters. The Morgan fingerprint density at radius 3 is 2.29 bits per heavy atom. The molecule has 0 bridgehead atoms. The Hall–Kier alpha value is -0.480. The van der Waals surface area contributed by atoms with Crippen LogP contribution in [-0.2, 0) is 0 Å². The number of hydrogen-bond acceptors (Lipinski definition) is 0. The van der Waals surface area contributed by atoms with E-state index in [9.17, 15) is 0 Å². The molecule has 0 aliphatic carbocycles. The second-order valence-electron chi connectivity index (χ2n) is 1.31. The van der Waals surface area contributed by atoms with Crippen LogP contribution in [-0.4, -0.2) is 5.48 Å². The van der Waals surface area contributed by atoms with Gasteiger partial charge in [0.15, 0.2) is 0 Å². The molecule has 42 valence electrons. The average molecular weight is 100 g/mol.